The van der Waals surface area contributed by atoms with Crippen LogP contribution in [0.25, 0.3) is 22.0 Å². The number of anilines is 1. The zero-order valence-electron chi connectivity index (χ0n) is 16.8. The Morgan fingerprint density at radius 3 is 2.45 bits per heavy atom. The van der Waals surface area contributed by atoms with Gasteiger partial charge in [0.25, 0.3) is 0 Å². The summed E-state index contributed by atoms with van der Waals surface area (Å²) in [6.07, 6.45) is 4.08. The molecular weight excluding hydrogens is 356 g/mol. The van der Waals surface area contributed by atoms with Crippen LogP contribution in [-0.4, -0.2) is 47.7 Å². The standard InChI is InChI=1S/C25H26N4/c1-27-15-17-28(18-16-27)25-23(6-4-13-26-25)21-10-8-20(9-11-21)19-29-14-12-22-5-2-3-7-24(22)29/h2-14H,15-19H2,1H3. The maximum Gasteiger partial charge on any atom is 0.136 e. The highest BCUT2D eigenvalue weighted by atomic mass is 15.3. The van der Waals surface area contributed by atoms with Crippen molar-refractivity contribution in [2.45, 2.75) is 6.54 Å². The maximum absolute atomic E-state index is 4.72. The van der Waals surface area contributed by atoms with Gasteiger partial charge in [0.05, 0.1) is 0 Å². The quantitative estimate of drug-likeness (QED) is 0.519. The van der Waals surface area contributed by atoms with Gasteiger partial charge in [-0.25, -0.2) is 4.98 Å². The molecule has 3 heterocycles. The van der Waals surface area contributed by atoms with Crippen molar-refractivity contribution in [2.75, 3.05) is 38.1 Å². The molecule has 1 fully saturated rings. The fraction of sp³-hybridized carbons (Fsp3) is 0.240. The van der Waals surface area contributed by atoms with Crippen LogP contribution < -0.4 is 4.90 Å². The van der Waals surface area contributed by atoms with Gasteiger partial charge in [-0.1, -0.05) is 42.5 Å². The fourth-order valence-corrected chi connectivity index (χ4v) is 4.16. The molecule has 0 radical (unpaired) electrons. The number of nitrogens with zero attached hydrogens (tertiary/aromatic N) is 4. The van der Waals surface area contributed by atoms with Crippen molar-refractivity contribution in [1.29, 1.82) is 0 Å². The lowest BCUT2D eigenvalue weighted by atomic mass is 10.0. The number of aromatic nitrogens is 2. The summed E-state index contributed by atoms with van der Waals surface area (Å²) in [4.78, 5) is 9.51. The average Bonchev–Trinajstić information content (AvgIpc) is 3.18. The molecule has 0 bridgehead atoms. The predicted octanol–water partition coefficient (Wildman–Crippen LogP) is 4.50. The third kappa shape index (κ3) is 3.64. The molecule has 146 valence electrons. The van der Waals surface area contributed by atoms with E-state index in [1.165, 1.54) is 27.6 Å². The molecule has 4 nitrogen and oxygen atoms in total. The molecule has 4 heteroatoms. The van der Waals surface area contributed by atoms with Crippen molar-refractivity contribution in [3.05, 3.63) is 84.7 Å². The fourth-order valence-electron chi connectivity index (χ4n) is 4.16. The van der Waals surface area contributed by atoms with Crippen molar-refractivity contribution in [2.24, 2.45) is 0 Å². The van der Waals surface area contributed by atoms with Crippen molar-refractivity contribution in [1.82, 2.24) is 14.5 Å². The Balaban J connectivity index is 1.39. The number of hydrogen-bond donors (Lipinski definition) is 0. The molecule has 2 aromatic heterocycles. The van der Waals surface area contributed by atoms with E-state index in [0.29, 0.717) is 0 Å². The monoisotopic (exact) mass is 382 g/mol. The number of likely N-dealkylation sites (N-methyl/N-ethyl adjacent to an activating group) is 1. The molecule has 0 aliphatic carbocycles. The van der Waals surface area contributed by atoms with E-state index in [-0.39, 0.29) is 0 Å². The van der Waals surface area contributed by atoms with Crippen LogP contribution in [-0.2, 0) is 6.54 Å². The summed E-state index contributed by atoms with van der Waals surface area (Å²) >= 11 is 0. The maximum atomic E-state index is 4.72. The van der Waals surface area contributed by atoms with Gasteiger partial charge in [-0.2, -0.15) is 0 Å². The molecule has 4 aromatic rings. The third-order valence-electron chi connectivity index (χ3n) is 5.89. The van der Waals surface area contributed by atoms with Crippen molar-refractivity contribution in [3.63, 3.8) is 0 Å². The van der Waals surface area contributed by atoms with Crippen LogP contribution in [0.15, 0.2) is 79.1 Å². The second-order valence-electron chi connectivity index (χ2n) is 7.86. The largest absolute Gasteiger partial charge is 0.354 e. The number of benzene rings is 2. The Labute approximate surface area is 172 Å². The lowest BCUT2D eigenvalue weighted by Crippen LogP contribution is -2.45. The van der Waals surface area contributed by atoms with Crippen molar-refractivity contribution in [3.8, 4) is 11.1 Å². The van der Waals surface area contributed by atoms with Gasteiger partial charge in [0.1, 0.15) is 5.82 Å². The Morgan fingerprint density at radius 2 is 1.62 bits per heavy atom. The first kappa shape index (κ1) is 18.0. The van der Waals surface area contributed by atoms with E-state index in [2.05, 4.69) is 88.3 Å². The smallest absolute Gasteiger partial charge is 0.136 e. The summed E-state index contributed by atoms with van der Waals surface area (Å²) < 4.78 is 2.31. The second-order valence-corrected chi connectivity index (χ2v) is 7.86. The first-order chi connectivity index (χ1) is 14.3. The molecule has 0 spiro atoms. The molecule has 1 saturated heterocycles. The first-order valence-electron chi connectivity index (χ1n) is 10.3. The van der Waals surface area contributed by atoms with E-state index in [1.807, 2.05) is 12.3 Å². The van der Waals surface area contributed by atoms with E-state index < -0.39 is 0 Å². The van der Waals surface area contributed by atoms with Gasteiger partial charge >= 0.3 is 0 Å². The number of fused-ring (bicyclic) bond motifs is 1. The number of piperazine rings is 1. The normalized spacial score (nSPS) is 15.1. The van der Waals surface area contributed by atoms with Gasteiger partial charge in [0.2, 0.25) is 0 Å². The minimum atomic E-state index is 0.881. The van der Waals surface area contributed by atoms with E-state index >= 15 is 0 Å². The third-order valence-corrected chi connectivity index (χ3v) is 5.89. The molecule has 0 N–H and O–H groups in total. The van der Waals surface area contributed by atoms with Gasteiger partial charge in [0.15, 0.2) is 0 Å². The number of hydrogen-bond acceptors (Lipinski definition) is 3. The van der Waals surface area contributed by atoms with Crippen molar-refractivity contribution < 1.29 is 0 Å². The zero-order valence-corrected chi connectivity index (χ0v) is 16.8. The SMILES string of the molecule is CN1CCN(c2ncccc2-c2ccc(Cn3ccc4ccccc43)cc2)CC1. The topological polar surface area (TPSA) is 24.3 Å². The predicted molar refractivity (Wildman–Crippen MR) is 120 cm³/mol. The van der Waals surface area contributed by atoms with E-state index in [4.69, 9.17) is 4.98 Å². The van der Waals surface area contributed by atoms with Crippen LogP contribution in [0.3, 0.4) is 0 Å². The van der Waals surface area contributed by atoms with Gasteiger partial charge < -0.3 is 14.4 Å². The Morgan fingerprint density at radius 1 is 0.828 bits per heavy atom. The Kier molecular flexibility index (Phi) is 4.78. The minimum absolute atomic E-state index is 0.881. The molecular formula is C25H26N4. The summed E-state index contributed by atoms with van der Waals surface area (Å²) in [5, 5.41) is 1.29. The van der Waals surface area contributed by atoms with Crippen molar-refractivity contribution >= 4 is 16.7 Å². The van der Waals surface area contributed by atoms with E-state index in [0.717, 1.165) is 38.5 Å². The highest BCUT2D eigenvalue weighted by molar-refractivity contribution is 5.80. The number of rotatable bonds is 4. The average molecular weight is 383 g/mol. The highest BCUT2D eigenvalue weighted by Crippen LogP contribution is 2.30. The molecule has 2 aromatic carbocycles. The van der Waals surface area contributed by atoms with E-state index in [9.17, 15) is 0 Å². The molecule has 0 atom stereocenters. The number of pyridine rings is 1. The molecule has 0 saturated carbocycles. The molecule has 29 heavy (non-hydrogen) atoms. The van der Waals surface area contributed by atoms with Gasteiger partial charge in [0, 0.05) is 56.2 Å². The minimum Gasteiger partial charge on any atom is -0.354 e. The zero-order chi connectivity index (χ0) is 19.6. The Bertz CT molecular complexity index is 1110. The summed E-state index contributed by atoms with van der Waals surface area (Å²) in [6, 6.07) is 23.9. The first-order valence-corrected chi connectivity index (χ1v) is 10.3. The Hall–Kier alpha value is -3.11. The van der Waals surface area contributed by atoms with Gasteiger partial charge in [-0.3, -0.25) is 0 Å². The van der Waals surface area contributed by atoms with Crippen LogP contribution in [0.4, 0.5) is 5.82 Å². The second kappa shape index (κ2) is 7.72. The lowest BCUT2D eigenvalue weighted by Gasteiger charge is -2.34. The molecule has 0 unspecified atom stereocenters. The molecule has 5 rings (SSSR count). The summed E-state index contributed by atoms with van der Waals surface area (Å²) in [6.45, 7) is 5.10. The number of para-hydroxylation sites is 1. The van der Waals surface area contributed by atoms with Crippen LogP contribution in [0.1, 0.15) is 5.56 Å². The summed E-state index contributed by atoms with van der Waals surface area (Å²) in [5.41, 5.74) is 5.03. The van der Waals surface area contributed by atoms with Crippen LogP contribution in [0.2, 0.25) is 0 Å². The summed E-state index contributed by atoms with van der Waals surface area (Å²) in [5.74, 6) is 1.10. The van der Waals surface area contributed by atoms with Gasteiger partial charge in [-0.15, -0.1) is 0 Å². The molecule has 0 amide bonds. The van der Waals surface area contributed by atoms with Crippen LogP contribution >= 0.6 is 0 Å². The summed E-state index contributed by atoms with van der Waals surface area (Å²) in [7, 11) is 2.18. The van der Waals surface area contributed by atoms with Gasteiger partial charge in [-0.05, 0) is 47.8 Å². The molecule has 1 aliphatic rings. The lowest BCUT2D eigenvalue weighted by molar-refractivity contribution is 0.312. The van der Waals surface area contributed by atoms with E-state index in [1.54, 1.807) is 0 Å². The van der Waals surface area contributed by atoms with Crippen LogP contribution in [0, 0.1) is 0 Å². The molecule has 1 aliphatic heterocycles. The van der Waals surface area contributed by atoms with Crippen LogP contribution in [0.5, 0.6) is 0 Å². The highest BCUT2D eigenvalue weighted by Gasteiger charge is 2.18.